The predicted molar refractivity (Wildman–Crippen MR) is 137 cm³/mol. The topological polar surface area (TPSA) is 61.7 Å². The first-order valence-corrected chi connectivity index (χ1v) is 11.3. The van der Waals surface area contributed by atoms with Crippen molar-refractivity contribution in [2.75, 3.05) is 0 Å². The second-order valence-electron chi connectivity index (χ2n) is 10.5. The summed E-state index contributed by atoms with van der Waals surface area (Å²) < 4.78 is 0. The molecule has 4 heteroatoms. The molecule has 2 N–H and O–H groups in total. The first-order valence-electron chi connectivity index (χ1n) is 11.3. The molecule has 0 atom stereocenters. The summed E-state index contributed by atoms with van der Waals surface area (Å²) in [5.74, 6) is -0.0454. The fourth-order valence-corrected chi connectivity index (χ4v) is 3.71. The van der Waals surface area contributed by atoms with E-state index in [4.69, 9.17) is 0 Å². The van der Waals surface area contributed by atoms with Gasteiger partial charge >= 0.3 is 0 Å². The second-order valence-corrected chi connectivity index (χ2v) is 10.5. The van der Waals surface area contributed by atoms with Crippen LogP contribution in [-0.4, -0.2) is 16.7 Å². The van der Waals surface area contributed by atoms with Crippen LogP contribution in [0.1, 0.15) is 75.5 Å². The van der Waals surface area contributed by atoms with Crippen molar-refractivity contribution in [2.45, 2.75) is 59.3 Å². The third-order valence-corrected chi connectivity index (χ3v) is 5.72. The van der Waals surface area contributed by atoms with Crippen LogP contribution < -0.4 is 5.43 Å². The molecule has 0 radical (unpaired) electrons. The molecule has 0 fully saturated rings. The summed E-state index contributed by atoms with van der Waals surface area (Å²) in [6, 6.07) is 21.8. The second kappa shape index (κ2) is 9.22. The summed E-state index contributed by atoms with van der Waals surface area (Å²) in [6.45, 7) is 14.0. The summed E-state index contributed by atoms with van der Waals surface area (Å²) in [6.07, 6.45) is 0. The molecule has 0 aliphatic rings. The Hall–Kier alpha value is -3.40. The van der Waals surface area contributed by atoms with Crippen molar-refractivity contribution in [3.8, 4) is 16.9 Å². The number of carbonyl (C=O) groups excluding carboxylic acids is 1. The van der Waals surface area contributed by atoms with Crippen LogP contribution >= 0.6 is 0 Å². The Morgan fingerprint density at radius 2 is 1.24 bits per heavy atom. The lowest BCUT2D eigenvalue weighted by Crippen LogP contribution is -2.23. The maximum absolute atomic E-state index is 13.0. The average Bonchev–Trinajstić information content (AvgIpc) is 2.76. The van der Waals surface area contributed by atoms with Crippen LogP contribution in [0.25, 0.3) is 11.1 Å². The van der Waals surface area contributed by atoms with Gasteiger partial charge in [0.1, 0.15) is 5.75 Å². The normalized spacial score (nSPS) is 12.5. The van der Waals surface area contributed by atoms with Gasteiger partial charge in [-0.1, -0.05) is 96.1 Å². The van der Waals surface area contributed by atoms with Gasteiger partial charge in [-0.25, -0.2) is 5.43 Å². The van der Waals surface area contributed by atoms with Gasteiger partial charge < -0.3 is 5.11 Å². The van der Waals surface area contributed by atoms with Gasteiger partial charge in [0, 0.05) is 16.7 Å². The lowest BCUT2D eigenvalue weighted by molar-refractivity contribution is 0.0954. The van der Waals surface area contributed by atoms with Crippen molar-refractivity contribution in [1.29, 1.82) is 0 Å². The van der Waals surface area contributed by atoms with Crippen LogP contribution in [0.3, 0.4) is 0 Å². The molecule has 0 saturated heterocycles. The van der Waals surface area contributed by atoms with Gasteiger partial charge in [-0.05, 0) is 46.6 Å². The van der Waals surface area contributed by atoms with E-state index in [-0.39, 0.29) is 22.5 Å². The molecule has 0 unspecified atom stereocenters. The first kappa shape index (κ1) is 24.2. The van der Waals surface area contributed by atoms with Gasteiger partial charge in [-0.15, -0.1) is 0 Å². The molecule has 0 spiro atoms. The molecule has 0 heterocycles. The molecule has 0 aromatic heterocycles. The number of phenolic OH excluding ortho intramolecular Hbond substituents is 1. The van der Waals surface area contributed by atoms with Crippen molar-refractivity contribution in [3.05, 3.63) is 89.0 Å². The van der Waals surface area contributed by atoms with Crippen LogP contribution in [0, 0.1) is 0 Å². The number of hydrogen-bond acceptors (Lipinski definition) is 3. The lowest BCUT2D eigenvalue weighted by Gasteiger charge is -2.28. The number of rotatable bonds is 4. The average molecular weight is 443 g/mol. The zero-order valence-corrected chi connectivity index (χ0v) is 20.7. The van der Waals surface area contributed by atoms with Crippen molar-refractivity contribution >= 4 is 11.6 Å². The van der Waals surface area contributed by atoms with E-state index in [1.54, 1.807) is 12.1 Å². The van der Waals surface area contributed by atoms with E-state index < -0.39 is 0 Å². The fourth-order valence-electron chi connectivity index (χ4n) is 3.71. The van der Waals surface area contributed by atoms with Crippen LogP contribution in [0.15, 0.2) is 71.8 Å². The molecule has 3 rings (SSSR count). The van der Waals surface area contributed by atoms with Gasteiger partial charge in [-0.2, -0.15) is 5.10 Å². The number of phenols is 1. The Kier molecular flexibility index (Phi) is 6.78. The molecule has 0 saturated carbocycles. The summed E-state index contributed by atoms with van der Waals surface area (Å²) in [5, 5.41) is 15.2. The van der Waals surface area contributed by atoms with Crippen LogP contribution in [0.2, 0.25) is 0 Å². The molecular weight excluding hydrogens is 408 g/mol. The van der Waals surface area contributed by atoms with E-state index in [2.05, 4.69) is 34.8 Å². The molecular formula is C29H34N2O2. The number of nitrogens with one attached hydrogen (secondary N) is 1. The summed E-state index contributed by atoms with van der Waals surface area (Å²) in [7, 11) is 0. The predicted octanol–water partition coefficient (Wildman–Crippen LogP) is 6.81. The SMILES string of the molecule is C/C(=N/NC(=O)c1cc(C(C)(C)C)c(O)c(C(C)(C)C)c1)c1ccc(-c2ccccc2)cc1. The van der Waals surface area contributed by atoms with Crippen molar-refractivity contribution in [3.63, 3.8) is 0 Å². The molecule has 4 nitrogen and oxygen atoms in total. The van der Waals surface area contributed by atoms with Crippen LogP contribution in [0.5, 0.6) is 5.75 Å². The van der Waals surface area contributed by atoms with Gasteiger partial charge in [-0.3, -0.25) is 4.79 Å². The third kappa shape index (κ3) is 5.70. The highest BCUT2D eigenvalue weighted by Gasteiger charge is 2.27. The lowest BCUT2D eigenvalue weighted by atomic mass is 9.78. The standard InChI is InChI=1S/C29H34N2O2/c1-19(20-13-15-22(16-14-20)21-11-9-8-10-12-21)30-31-27(33)23-17-24(28(2,3)4)26(32)25(18-23)29(5,6)7/h8-18,32H,1-7H3,(H,31,33)/b30-19-. The summed E-state index contributed by atoms with van der Waals surface area (Å²) >= 11 is 0. The third-order valence-electron chi connectivity index (χ3n) is 5.72. The van der Waals surface area contributed by atoms with Crippen molar-refractivity contribution < 1.29 is 9.90 Å². The molecule has 3 aromatic carbocycles. The Balaban J connectivity index is 1.85. The quantitative estimate of drug-likeness (QED) is 0.344. The number of amides is 1. The minimum Gasteiger partial charge on any atom is -0.507 e. The fraction of sp³-hybridized carbons (Fsp3) is 0.310. The van der Waals surface area contributed by atoms with Gasteiger partial charge in [0.15, 0.2) is 0 Å². The highest BCUT2D eigenvalue weighted by Crippen LogP contribution is 2.39. The largest absolute Gasteiger partial charge is 0.507 e. The molecule has 33 heavy (non-hydrogen) atoms. The molecule has 3 aromatic rings. The molecule has 1 amide bonds. The summed E-state index contributed by atoms with van der Waals surface area (Å²) in [5.41, 5.74) is 7.99. The van der Waals surface area contributed by atoms with Gasteiger partial charge in [0.05, 0.1) is 5.71 Å². The van der Waals surface area contributed by atoms with Gasteiger partial charge in [0.25, 0.3) is 5.91 Å². The Morgan fingerprint density at radius 1 is 0.758 bits per heavy atom. The number of benzene rings is 3. The monoisotopic (exact) mass is 442 g/mol. The molecule has 0 bridgehead atoms. The number of aromatic hydroxyl groups is 1. The number of carbonyl (C=O) groups is 1. The van der Waals surface area contributed by atoms with E-state index >= 15 is 0 Å². The minimum atomic E-state index is -0.305. The summed E-state index contributed by atoms with van der Waals surface area (Å²) in [4.78, 5) is 13.0. The molecule has 172 valence electrons. The van der Waals surface area contributed by atoms with E-state index in [9.17, 15) is 9.90 Å². The van der Waals surface area contributed by atoms with Gasteiger partial charge in [0.2, 0.25) is 0 Å². The molecule has 0 aliphatic heterocycles. The van der Waals surface area contributed by atoms with E-state index in [0.29, 0.717) is 11.3 Å². The minimum absolute atomic E-state index is 0.254. The van der Waals surface area contributed by atoms with Crippen molar-refractivity contribution in [1.82, 2.24) is 5.43 Å². The Morgan fingerprint density at radius 3 is 1.73 bits per heavy atom. The maximum Gasteiger partial charge on any atom is 0.271 e. The highest BCUT2D eigenvalue weighted by molar-refractivity contribution is 6.01. The zero-order chi connectivity index (χ0) is 24.4. The maximum atomic E-state index is 13.0. The number of nitrogens with zero attached hydrogens (tertiary/aromatic N) is 1. The van der Waals surface area contributed by atoms with Crippen LogP contribution in [-0.2, 0) is 10.8 Å². The van der Waals surface area contributed by atoms with E-state index in [0.717, 1.165) is 27.8 Å². The number of hydrazone groups is 1. The smallest absolute Gasteiger partial charge is 0.271 e. The first-order chi connectivity index (χ1) is 15.4. The molecule has 0 aliphatic carbocycles. The van der Waals surface area contributed by atoms with Crippen molar-refractivity contribution in [2.24, 2.45) is 5.10 Å². The van der Waals surface area contributed by atoms with E-state index in [1.807, 2.05) is 78.8 Å². The zero-order valence-electron chi connectivity index (χ0n) is 20.7. The Bertz CT molecular complexity index is 1130. The number of hydrogen-bond donors (Lipinski definition) is 2. The van der Waals surface area contributed by atoms with Crippen LogP contribution in [0.4, 0.5) is 0 Å². The highest BCUT2D eigenvalue weighted by atomic mass is 16.3. The Labute approximate surface area is 197 Å². The van der Waals surface area contributed by atoms with E-state index in [1.165, 1.54) is 0 Å².